The predicted octanol–water partition coefficient (Wildman–Crippen LogP) is 2.08. The number of amides is 1. The largest absolute Gasteiger partial charge is 0.340 e. The molecule has 1 aromatic heterocycles. The molecule has 1 fully saturated rings. The molecule has 2 heterocycles. The Morgan fingerprint density at radius 2 is 1.93 bits per heavy atom. The number of para-hydroxylation sites is 1. The molecule has 1 aliphatic rings. The fourth-order valence-corrected chi connectivity index (χ4v) is 5.03. The number of nitrogens with zero attached hydrogens (tertiary/aromatic N) is 4. The third-order valence-electron chi connectivity index (χ3n) is 4.76. The molecule has 0 aliphatic carbocycles. The molecule has 1 aliphatic heterocycles. The van der Waals surface area contributed by atoms with Gasteiger partial charge in [0.05, 0.1) is 11.5 Å². The van der Waals surface area contributed by atoms with E-state index in [1.54, 1.807) is 29.8 Å². The van der Waals surface area contributed by atoms with E-state index in [0.29, 0.717) is 30.3 Å². The Bertz CT molecular complexity index is 931. The maximum absolute atomic E-state index is 13.0. The zero-order valence-electron chi connectivity index (χ0n) is 15.8. The smallest absolute Gasteiger partial charge is 0.277 e. The van der Waals surface area contributed by atoms with Crippen LogP contribution < -0.4 is 9.80 Å². The number of anilines is 2. The Kier molecular flexibility index (Phi) is 5.46. The third kappa shape index (κ3) is 4.27. The van der Waals surface area contributed by atoms with Gasteiger partial charge in [-0.25, -0.2) is 18.4 Å². The molecule has 27 heavy (non-hydrogen) atoms. The first kappa shape index (κ1) is 19.3. The summed E-state index contributed by atoms with van der Waals surface area (Å²) in [5, 5.41) is 0. The molecule has 3 rings (SSSR count). The Hall–Kier alpha value is -2.48. The maximum atomic E-state index is 13.0. The summed E-state index contributed by atoms with van der Waals surface area (Å²) in [4.78, 5) is 25.3. The molecule has 144 valence electrons. The number of carbonyl (C=O) groups is 1. The van der Waals surface area contributed by atoms with E-state index in [9.17, 15) is 13.2 Å². The van der Waals surface area contributed by atoms with Gasteiger partial charge < -0.3 is 9.80 Å². The number of hydrogen-bond acceptors (Lipinski definition) is 6. The fraction of sp³-hybridized carbons (Fsp3) is 0.421. The van der Waals surface area contributed by atoms with Gasteiger partial charge in [-0.1, -0.05) is 18.2 Å². The first-order chi connectivity index (χ1) is 12.8. The standard InChI is InChI=1S/C19H24N4O3S/c1-4-23(15-8-6-5-7-9-15)18(24)17-12-14(2)20-19(21-17)22(3)16-10-11-27(25,26)13-16/h5-9,12,16H,4,10-11,13H2,1-3H3. The van der Waals surface area contributed by atoms with Gasteiger partial charge in [0.2, 0.25) is 5.95 Å². The van der Waals surface area contributed by atoms with E-state index in [1.165, 1.54) is 0 Å². The van der Waals surface area contributed by atoms with Crippen LogP contribution in [0, 0.1) is 6.92 Å². The second kappa shape index (κ2) is 7.64. The summed E-state index contributed by atoms with van der Waals surface area (Å²) < 4.78 is 23.6. The molecule has 0 radical (unpaired) electrons. The van der Waals surface area contributed by atoms with E-state index < -0.39 is 9.84 Å². The van der Waals surface area contributed by atoms with E-state index >= 15 is 0 Å². The molecule has 0 saturated carbocycles. The van der Waals surface area contributed by atoms with E-state index in [4.69, 9.17) is 0 Å². The summed E-state index contributed by atoms with van der Waals surface area (Å²) in [7, 11) is -1.23. The van der Waals surface area contributed by atoms with Crippen LogP contribution in [0.25, 0.3) is 0 Å². The minimum absolute atomic E-state index is 0.0924. The van der Waals surface area contributed by atoms with Crippen LogP contribution in [0.3, 0.4) is 0 Å². The highest BCUT2D eigenvalue weighted by Crippen LogP contribution is 2.22. The van der Waals surface area contributed by atoms with Crippen molar-refractivity contribution in [3.8, 4) is 0 Å². The molecule has 1 atom stereocenters. The van der Waals surface area contributed by atoms with Crippen LogP contribution in [0.2, 0.25) is 0 Å². The molecule has 7 nitrogen and oxygen atoms in total. The summed E-state index contributed by atoms with van der Waals surface area (Å²) in [5.41, 5.74) is 1.77. The third-order valence-corrected chi connectivity index (χ3v) is 6.51. The molecule has 2 aromatic rings. The van der Waals surface area contributed by atoms with Crippen LogP contribution >= 0.6 is 0 Å². The lowest BCUT2D eigenvalue weighted by Gasteiger charge is -2.25. The first-order valence-corrected chi connectivity index (χ1v) is 10.8. The quantitative estimate of drug-likeness (QED) is 0.780. The summed E-state index contributed by atoms with van der Waals surface area (Å²) >= 11 is 0. The van der Waals surface area contributed by atoms with Gasteiger partial charge in [0.25, 0.3) is 5.91 Å². The molecule has 1 aromatic carbocycles. The lowest BCUT2D eigenvalue weighted by atomic mass is 10.2. The van der Waals surface area contributed by atoms with Gasteiger partial charge >= 0.3 is 0 Å². The van der Waals surface area contributed by atoms with Crippen LogP contribution in [-0.2, 0) is 9.84 Å². The zero-order chi connectivity index (χ0) is 19.6. The number of benzene rings is 1. The lowest BCUT2D eigenvalue weighted by molar-refractivity contribution is 0.0983. The van der Waals surface area contributed by atoms with E-state index in [0.717, 1.165) is 5.69 Å². The topological polar surface area (TPSA) is 83.5 Å². The number of rotatable bonds is 5. The lowest BCUT2D eigenvalue weighted by Crippen LogP contribution is -2.35. The average molecular weight is 388 g/mol. The molecular formula is C19H24N4O3S. The summed E-state index contributed by atoms with van der Waals surface area (Å²) in [6.45, 7) is 4.23. The van der Waals surface area contributed by atoms with E-state index in [-0.39, 0.29) is 23.5 Å². The molecule has 1 amide bonds. The normalized spacial score (nSPS) is 18.3. The Labute approximate surface area is 160 Å². The van der Waals surface area contributed by atoms with Crippen molar-refractivity contribution >= 4 is 27.4 Å². The monoisotopic (exact) mass is 388 g/mol. The Balaban J connectivity index is 1.89. The summed E-state index contributed by atoms with van der Waals surface area (Å²) in [6, 6.07) is 10.9. The maximum Gasteiger partial charge on any atom is 0.277 e. The van der Waals surface area contributed by atoms with Crippen LogP contribution in [0.4, 0.5) is 11.6 Å². The minimum Gasteiger partial charge on any atom is -0.340 e. The Morgan fingerprint density at radius 3 is 2.52 bits per heavy atom. The summed E-state index contributed by atoms with van der Waals surface area (Å²) in [6.07, 6.45) is 0.546. The minimum atomic E-state index is -3.01. The van der Waals surface area contributed by atoms with Gasteiger partial charge in [-0.2, -0.15) is 0 Å². The number of aryl methyl sites for hydroxylation is 1. The van der Waals surface area contributed by atoms with Crippen molar-refractivity contribution in [3.05, 3.63) is 47.8 Å². The number of hydrogen-bond donors (Lipinski definition) is 0. The number of sulfone groups is 1. The van der Waals surface area contributed by atoms with Gasteiger partial charge in [0.15, 0.2) is 9.84 Å². The van der Waals surface area contributed by atoms with Crippen LogP contribution in [0.5, 0.6) is 0 Å². The second-order valence-electron chi connectivity index (χ2n) is 6.75. The Morgan fingerprint density at radius 1 is 1.22 bits per heavy atom. The van der Waals surface area contributed by atoms with E-state index in [2.05, 4.69) is 9.97 Å². The van der Waals surface area contributed by atoms with Crippen molar-refractivity contribution in [2.24, 2.45) is 0 Å². The summed E-state index contributed by atoms with van der Waals surface area (Å²) in [5.74, 6) is 0.444. The molecule has 0 N–H and O–H groups in total. The second-order valence-corrected chi connectivity index (χ2v) is 8.98. The van der Waals surface area contributed by atoms with Crippen molar-refractivity contribution in [2.75, 3.05) is 34.9 Å². The molecule has 8 heteroatoms. The molecule has 0 bridgehead atoms. The predicted molar refractivity (Wildman–Crippen MR) is 106 cm³/mol. The molecule has 0 spiro atoms. The van der Waals surface area contributed by atoms with Gasteiger partial charge in [0.1, 0.15) is 5.69 Å². The highest BCUT2D eigenvalue weighted by atomic mass is 32.2. The van der Waals surface area contributed by atoms with Crippen molar-refractivity contribution in [3.63, 3.8) is 0 Å². The van der Waals surface area contributed by atoms with Crippen LogP contribution in [0.15, 0.2) is 36.4 Å². The fourth-order valence-electron chi connectivity index (χ4n) is 3.25. The van der Waals surface area contributed by atoms with Crippen molar-refractivity contribution in [1.82, 2.24) is 9.97 Å². The highest BCUT2D eigenvalue weighted by Gasteiger charge is 2.32. The van der Waals surface area contributed by atoms with Crippen molar-refractivity contribution in [1.29, 1.82) is 0 Å². The number of carbonyl (C=O) groups excluding carboxylic acids is 1. The van der Waals surface area contributed by atoms with Crippen LogP contribution in [0.1, 0.15) is 29.5 Å². The first-order valence-electron chi connectivity index (χ1n) is 8.96. The molecule has 1 saturated heterocycles. The zero-order valence-corrected chi connectivity index (χ0v) is 16.6. The SMILES string of the molecule is CCN(C(=O)c1cc(C)nc(N(C)C2CCS(=O)(=O)C2)n1)c1ccccc1. The van der Waals surface area contributed by atoms with Gasteiger partial charge in [0, 0.05) is 31.0 Å². The van der Waals surface area contributed by atoms with Gasteiger partial charge in [-0.3, -0.25) is 4.79 Å². The van der Waals surface area contributed by atoms with E-state index in [1.807, 2.05) is 37.3 Å². The average Bonchev–Trinajstić information content (AvgIpc) is 3.02. The highest BCUT2D eigenvalue weighted by molar-refractivity contribution is 7.91. The number of aromatic nitrogens is 2. The van der Waals surface area contributed by atoms with Crippen molar-refractivity contribution in [2.45, 2.75) is 26.3 Å². The van der Waals surface area contributed by atoms with Gasteiger partial charge in [-0.15, -0.1) is 0 Å². The molecular weight excluding hydrogens is 364 g/mol. The molecule has 1 unspecified atom stereocenters. The van der Waals surface area contributed by atoms with Crippen molar-refractivity contribution < 1.29 is 13.2 Å². The van der Waals surface area contributed by atoms with Gasteiger partial charge in [-0.05, 0) is 38.5 Å². The van der Waals surface area contributed by atoms with Crippen LogP contribution in [-0.4, -0.2) is 55.4 Å².